The molecular formula is C18H22N2O2. The largest absolute Gasteiger partial charge is 0.302 e. The lowest BCUT2D eigenvalue weighted by molar-refractivity contribution is -0.284. The number of hydrogen-bond donors (Lipinski definition) is 1. The number of benzene rings is 1. The molecule has 22 heavy (non-hydrogen) atoms. The average Bonchev–Trinajstić information content (AvgIpc) is 3.09. The van der Waals surface area contributed by atoms with Crippen molar-refractivity contribution in [3.63, 3.8) is 0 Å². The minimum absolute atomic E-state index is 0.0745. The van der Waals surface area contributed by atoms with E-state index in [1.54, 1.807) is 7.11 Å². The number of aromatic nitrogens is 1. The molecule has 116 valence electrons. The highest BCUT2D eigenvalue weighted by atomic mass is 17.2. The van der Waals surface area contributed by atoms with E-state index < -0.39 is 0 Å². The lowest BCUT2D eigenvalue weighted by Gasteiger charge is -2.29. The van der Waals surface area contributed by atoms with Crippen LogP contribution in [0.1, 0.15) is 37.3 Å². The van der Waals surface area contributed by atoms with Crippen LogP contribution < -0.4 is 5.32 Å². The van der Waals surface area contributed by atoms with Crippen molar-refractivity contribution < 1.29 is 9.78 Å². The summed E-state index contributed by atoms with van der Waals surface area (Å²) in [6.45, 7) is 0.633. The first-order valence-electron chi connectivity index (χ1n) is 8.09. The second-order valence-electron chi connectivity index (χ2n) is 6.52. The SMILES string of the molecule is COOC[C@]12CCC[C@H]1C[C@H](c1ccnc3ccccc13)N2. The summed E-state index contributed by atoms with van der Waals surface area (Å²) < 4.78 is 0. The lowest BCUT2D eigenvalue weighted by atomic mass is 9.89. The number of pyridine rings is 1. The maximum absolute atomic E-state index is 5.32. The van der Waals surface area contributed by atoms with Gasteiger partial charge in [0.25, 0.3) is 0 Å². The standard InChI is InChI=1S/C18H22N2O2/c1-21-22-12-18-9-4-5-13(18)11-17(20-18)15-8-10-19-16-7-3-2-6-14(15)16/h2-3,6-8,10,13,17,20H,4-5,9,11-12H2,1H3/t13-,17+,18+/m0/s1. The molecule has 3 atom stereocenters. The first-order chi connectivity index (χ1) is 10.8. The van der Waals surface area contributed by atoms with Crippen LogP contribution in [0.3, 0.4) is 0 Å². The maximum atomic E-state index is 5.32. The first-order valence-corrected chi connectivity index (χ1v) is 8.09. The fourth-order valence-electron chi connectivity index (χ4n) is 4.39. The van der Waals surface area contributed by atoms with E-state index in [2.05, 4.69) is 34.6 Å². The van der Waals surface area contributed by atoms with Gasteiger partial charge in [-0.25, -0.2) is 9.78 Å². The number of hydrogen-bond acceptors (Lipinski definition) is 4. The molecule has 0 bridgehead atoms. The summed E-state index contributed by atoms with van der Waals surface area (Å²) in [5.74, 6) is 0.666. The van der Waals surface area contributed by atoms with E-state index in [0.717, 1.165) is 5.52 Å². The van der Waals surface area contributed by atoms with Crippen LogP contribution in [0.2, 0.25) is 0 Å². The van der Waals surface area contributed by atoms with Gasteiger partial charge in [-0.1, -0.05) is 24.6 Å². The van der Waals surface area contributed by atoms with Crippen molar-refractivity contribution in [3.8, 4) is 0 Å². The van der Waals surface area contributed by atoms with Gasteiger partial charge in [-0.2, -0.15) is 0 Å². The summed E-state index contributed by atoms with van der Waals surface area (Å²) in [4.78, 5) is 14.7. The Hall–Kier alpha value is -1.49. The van der Waals surface area contributed by atoms with Crippen LogP contribution in [-0.2, 0) is 9.78 Å². The third kappa shape index (κ3) is 2.22. The Morgan fingerprint density at radius 2 is 2.23 bits per heavy atom. The zero-order valence-electron chi connectivity index (χ0n) is 12.9. The normalized spacial score (nSPS) is 30.8. The predicted molar refractivity (Wildman–Crippen MR) is 85.3 cm³/mol. The summed E-state index contributed by atoms with van der Waals surface area (Å²) >= 11 is 0. The van der Waals surface area contributed by atoms with Gasteiger partial charge in [0.2, 0.25) is 0 Å². The molecule has 4 rings (SSSR count). The summed E-state index contributed by atoms with van der Waals surface area (Å²) in [5.41, 5.74) is 2.50. The summed E-state index contributed by atoms with van der Waals surface area (Å²) in [6.07, 6.45) is 6.81. The minimum atomic E-state index is 0.0745. The Balaban J connectivity index is 1.67. The van der Waals surface area contributed by atoms with Crippen LogP contribution >= 0.6 is 0 Å². The number of nitrogens with one attached hydrogen (secondary N) is 1. The first kappa shape index (κ1) is 14.1. The molecule has 1 aliphatic carbocycles. The van der Waals surface area contributed by atoms with E-state index in [0.29, 0.717) is 18.6 Å². The zero-order valence-corrected chi connectivity index (χ0v) is 12.9. The molecular weight excluding hydrogens is 276 g/mol. The van der Waals surface area contributed by atoms with Crippen LogP contribution in [0.4, 0.5) is 0 Å². The highest BCUT2D eigenvalue weighted by Crippen LogP contribution is 2.48. The van der Waals surface area contributed by atoms with Crippen molar-refractivity contribution in [2.45, 2.75) is 37.3 Å². The van der Waals surface area contributed by atoms with Gasteiger partial charge in [0.15, 0.2) is 0 Å². The topological polar surface area (TPSA) is 43.4 Å². The van der Waals surface area contributed by atoms with Gasteiger partial charge < -0.3 is 5.32 Å². The molecule has 0 unspecified atom stereocenters. The number of nitrogens with zero attached hydrogens (tertiary/aromatic N) is 1. The Morgan fingerprint density at radius 1 is 1.32 bits per heavy atom. The Kier molecular flexibility index (Phi) is 3.60. The average molecular weight is 298 g/mol. The molecule has 2 aliphatic rings. The number of fused-ring (bicyclic) bond motifs is 2. The quantitative estimate of drug-likeness (QED) is 0.694. The molecule has 1 aromatic carbocycles. The van der Waals surface area contributed by atoms with Crippen LogP contribution in [0.15, 0.2) is 36.5 Å². The van der Waals surface area contributed by atoms with E-state index in [1.807, 2.05) is 12.3 Å². The second-order valence-corrected chi connectivity index (χ2v) is 6.52. The Labute approximate surface area is 130 Å². The van der Waals surface area contributed by atoms with E-state index >= 15 is 0 Å². The Morgan fingerprint density at radius 3 is 3.14 bits per heavy atom. The predicted octanol–water partition coefficient (Wildman–Crippen LogP) is 3.39. The van der Waals surface area contributed by atoms with Gasteiger partial charge in [-0.15, -0.1) is 0 Å². The van der Waals surface area contributed by atoms with Crippen molar-refractivity contribution in [1.82, 2.24) is 10.3 Å². The number of rotatable bonds is 4. The molecule has 1 saturated carbocycles. The molecule has 1 aliphatic heterocycles. The van der Waals surface area contributed by atoms with Gasteiger partial charge in [0.05, 0.1) is 12.6 Å². The van der Waals surface area contributed by atoms with Gasteiger partial charge in [0.1, 0.15) is 6.61 Å². The molecule has 2 heterocycles. The fraction of sp³-hybridized carbons (Fsp3) is 0.500. The van der Waals surface area contributed by atoms with Gasteiger partial charge >= 0.3 is 0 Å². The highest BCUT2D eigenvalue weighted by molar-refractivity contribution is 5.82. The molecule has 2 fully saturated rings. The van der Waals surface area contributed by atoms with E-state index in [4.69, 9.17) is 9.78 Å². The molecule has 0 radical (unpaired) electrons. The molecule has 4 nitrogen and oxygen atoms in total. The van der Waals surface area contributed by atoms with Crippen molar-refractivity contribution in [3.05, 3.63) is 42.1 Å². The zero-order chi connectivity index (χ0) is 15.0. The fourth-order valence-corrected chi connectivity index (χ4v) is 4.39. The van der Waals surface area contributed by atoms with Crippen LogP contribution in [0.25, 0.3) is 10.9 Å². The van der Waals surface area contributed by atoms with Crippen molar-refractivity contribution in [2.24, 2.45) is 5.92 Å². The minimum Gasteiger partial charge on any atom is -0.302 e. The van der Waals surface area contributed by atoms with Crippen molar-refractivity contribution >= 4 is 10.9 Å². The molecule has 1 aromatic heterocycles. The molecule has 1 saturated heterocycles. The van der Waals surface area contributed by atoms with Crippen molar-refractivity contribution in [1.29, 1.82) is 0 Å². The van der Waals surface area contributed by atoms with Crippen LogP contribution in [-0.4, -0.2) is 24.2 Å². The lowest BCUT2D eigenvalue weighted by Crippen LogP contribution is -2.46. The third-order valence-electron chi connectivity index (χ3n) is 5.43. The second kappa shape index (κ2) is 5.61. The molecule has 0 amide bonds. The summed E-state index contributed by atoms with van der Waals surface area (Å²) in [6, 6.07) is 10.9. The molecule has 2 aromatic rings. The summed E-state index contributed by atoms with van der Waals surface area (Å²) in [7, 11) is 1.59. The van der Waals surface area contributed by atoms with Crippen LogP contribution in [0, 0.1) is 5.92 Å². The number of para-hydroxylation sites is 1. The van der Waals surface area contributed by atoms with Gasteiger partial charge in [0, 0.05) is 23.2 Å². The molecule has 4 heteroatoms. The summed E-state index contributed by atoms with van der Waals surface area (Å²) in [5, 5.41) is 5.13. The van der Waals surface area contributed by atoms with Gasteiger partial charge in [-0.3, -0.25) is 4.98 Å². The van der Waals surface area contributed by atoms with Gasteiger partial charge in [-0.05, 0) is 42.9 Å². The highest BCUT2D eigenvalue weighted by Gasteiger charge is 2.50. The molecule has 1 N–H and O–H groups in total. The van der Waals surface area contributed by atoms with E-state index in [9.17, 15) is 0 Å². The third-order valence-corrected chi connectivity index (χ3v) is 5.43. The van der Waals surface area contributed by atoms with E-state index in [-0.39, 0.29) is 5.54 Å². The van der Waals surface area contributed by atoms with Crippen molar-refractivity contribution in [2.75, 3.05) is 13.7 Å². The smallest absolute Gasteiger partial charge is 0.101 e. The van der Waals surface area contributed by atoms with E-state index in [1.165, 1.54) is 36.6 Å². The maximum Gasteiger partial charge on any atom is 0.101 e. The van der Waals surface area contributed by atoms with Crippen LogP contribution in [0.5, 0.6) is 0 Å². The molecule has 0 spiro atoms. The monoisotopic (exact) mass is 298 g/mol. The Bertz CT molecular complexity index is 670.